The van der Waals surface area contributed by atoms with Crippen LogP contribution in [0.3, 0.4) is 0 Å². The van der Waals surface area contributed by atoms with Gasteiger partial charge in [-0.2, -0.15) is 0 Å². The second kappa shape index (κ2) is 10.7. The fourth-order valence-corrected chi connectivity index (χ4v) is 4.47. The minimum atomic E-state index is -0.303. The maximum absolute atomic E-state index is 13.6. The highest BCUT2D eigenvalue weighted by atomic mass is 32.2. The predicted octanol–water partition coefficient (Wildman–Crippen LogP) is 5.26. The molecule has 0 saturated carbocycles. The van der Waals surface area contributed by atoms with Crippen LogP contribution in [0.5, 0.6) is 0 Å². The van der Waals surface area contributed by atoms with Crippen molar-refractivity contribution in [2.45, 2.75) is 31.3 Å². The Morgan fingerprint density at radius 2 is 1.79 bits per heavy atom. The zero-order valence-electron chi connectivity index (χ0n) is 19.1. The van der Waals surface area contributed by atoms with E-state index in [1.54, 1.807) is 28.8 Å². The molecule has 0 aliphatic rings. The number of nitrogens with one attached hydrogen (secondary N) is 1. The average Bonchev–Trinajstić information content (AvgIpc) is 2.83. The van der Waals surface area contributed by atoms with Crippen LogP contribution in [0.1, 0.15) is 35.3 Å². The van der Waals surface area contributed by atoms with Crippen molar-refractivity contribution in [1.82, 2.24) is 14.9 Å². The first-order valence-electron chi connectivity index (χ1n) is 11.1. The highest BCUT2D eigenvalue weighted by molar-refractivity contribution is 7.98. The van der Waals surface area contributed by atoms with E-state index < -0.39 is 0 Å². The van der Waals surface area contributed by atoms with E-state index in [-0.39, 0.29) is 17.3 Å². The van der Waals surface area contributed by atoms with Crippen molar-refractivity contribution in [3.05, 3.63) is 106 Å². The molecule has 1 N–H and O–H groups in total. The number of rotatable bonds is 8. The smallest absolute Gasteiger partial charge is 0.262 e. The number of fused-ring (bicyclic) bond motifs is 1. The van der Waals surface area contributed by atoms with Crippen LogP contribution in [0, 0.1) is 11.7 Å². The topological polar surface area (TPSA) is 64.0 Å². The number of carbonyl (C=O) groups is 1. The zero-order chi connectivity index (χ0) is 24.1. The van der Waals surface area contributed by atoms with Gasteiger partial charge in [-0.15, -0.1) is 0 Å². The molecule has 0 saturated heterocycles. The number of hydrogen-bond donors (Lipinski definition) is 1. The number of aromatic nitrogens is 2. The molecule has 3 aromatic carbocycles. The Hall–Kier alpha value is -3.45. The quantitative estimate of drug-likeness (QED) is 0.279. The summed E-state index contributed by atoms with van der Waals surface area (Å²) in [7, 11) is 0. The lowest BCUT2D eigenvalue weighted by molar-refractivity contribution is 0.0949. The molecule has 0 unspecified atom stereocenters. The van der Waals surface area contributed by atoms with Gasteiger partial charge in [0, 0.05) is 17.9 Å². The van der Waals surface area contributed by atoms with Gasteiger partial charge in [0.25, 0.3) is 11.5 Å². The van der Waals surface area contributed by atoms with Crippen LogP contribution in [0.15, 0.2) is 82.7 Å². The molecule has 0 atom stereocenters. The maximum atomic E-state index is 13.6. The van der Waals surface area contributed by atoms with Crippen molar-refractivity contribution in [3.8, 4) is 0 Å². The normalized spacial score (nSPS) is 11.2. The maximum Gasteiger partial charge on any atom is 0.262 e. The van der Waals surface area contributed by atoms with E-state index in [0.717, 1.165) is 11.1 Å². The number of carbonyl (C=O) groups excluding carboxylic acids is 1. The Kier molecular flexibility index (Phi) is 7.43. The van der Waals surface area contributed by atoms with Crippen molar-refractivity contribution in [1.29, 1.82) is 0 Å². The summed E-state index contributed by atoms with van der Waals surface area (Å²) in [5.41, 5.74) is 2.52. The Balaban J connectivity index is 1.73. The standard InChI is InChI=1S/C27H26FN3O2S/c1-18(2)15-29-25(32)21-11-12-23-24(14-21)30-27(34-17-20-9-6-10-22(28)13-20)31(26(23)33)16-19-7-4-3-5-8-19/h3-14,18H,15-17H2,1-2H3,(H,29,32). The van der Waals surface area contributed by atoms with E-state index >= 15 is 0 Å². The summed E-state index contributed by atoms with van der Waals surface area (Å²) < 4.78 is 15.3. The SMILES string of the molecule is CC(C)CNC(=O)c1ccc2c(=O)n(Cc3ccccc3)c(SCc3cccc(F)c3)nc2c1. The molecule has 0 radical (unpaired) electrons. The Morgan fingerprint density at radius 3 is 2.53 bits per heavy atom. The molecular formula is C27H26FN3O2S. The molecule has 4 aromatic rings. The molecule has 0 spiro atoms. The van der Waals surface area contributed by atoms with E-state index in [9.17, 15) is 14.0 Å². The number of nitrogens with zero attached hydrogens (tertiary/aromatic N) is 2. The van der Waals surface area contributed by atoms with Gasteiger partial charge in [0.2, 0.25) is 0 Å². The lowest BCUT2D eigenvalue weighted by Gasteiger charge is -2.14. The third-order valence-corrected chi connectivity index (χ3v) is 6.34. The molecule has 4 rings (SSSR count). The third-order valence-electron chi connectivity index (χ3n) is 5.29. The molecule has 1 heterocycles. The summed E-state index contributed by atoms with van der Waals surface area (Å²) in [6, 6.07) is 21.1. The number of halogens is 1. The number of amides is 1. The summed E-state index contributed by atoms with van der Waals surface area (Å²) in [4.78, 5) is 30.8. The number of benzene rings is 3. The molecule has 174 valence electrons. The number of thioether (sulfide) groups is 1. The molecule has 0 aliphatic carbocycles. The first-order chi connectivity index (χ1) is 16.4. The van der Waals surface area contributed by atoms with Gasteiger partial charge in [-0.05, 0) is 47.4 Å². The van der Waals surface area contributed by atoms with Crippen LogP contribution in [-0.4, -0.2) is 22.0 Å². The highest BCUT2D eigenvalue weighted by Gasteiger charge is 2.15. The third kappa shape index (κ3) is 5.72. The van der Waals surface area contributed by atoms with E-state index in [0.29, 0.717) is 46.4 Å². The molecule has 0 aliphatic heterocycles. The largest absolute Gasteiger partial charge is 0.352 e. The fourth-order valence-electron chi connectivity index (χ4n) is 3.53. The Bertz CT molecular complexity index is 1370. The van der Waals surface area contributed by atoms with Crippen LogP contribution in [0.2, 0.25) is 0 Å². The second-order valence-electron chi connectivity index (χ2n) is 8.53. The molecule has 0 fully saturated rings. The van der Waals surface area contributed by atoms with Crippen molar-refractivity contribution < 1.29 is 9.18 Å². The zero-order valence-corrected chi connectivity index (χ0v) is 19.9. The van der Waals surface area contributed by atoms with E-state index in [4.69, 9.17) is 4.98 Å². The van der Waals surface area contributed by atoms with Gasteiger partial charge in [-0.3, -0.25) is 14.2 Å². The van der Waals surface area contributed by atoms with Crippen LogP contribution >= 0.6 is 11.8 Å². The van der Waals surface area contributed by atoms with Gasteiger partial charge in [0.1, 0.15) is 5.82 Å². The predicted molar refractivity (Wildman–Crippen MR) is 135 cm³/mol. The summed E-state index contributed by atoms with van der Waals surface area (Å²) in [6.45, 7) is 4.99. The molecule has 0 bridgehead atoms. The van der Waals surface area contributed by atoms with Gasteiger partial charge in [-0.25, -0.2) is 9.37 Å². The summed E-state index contributed by atoms with van der Waals surface area (Å²) >= 11 is 1.37. The van der Waals surface area contributed by atoms with E-state index in [2.05, 4.69) is 5.32 Å². The first kappa shape index (κ1) is 23.7. The van der Waals surface area contributed by atoms with Gasteiger partial charge >= 0.3 is 0 Å². The van der Waals surface area contributed by atoms with Crippen molar-refractivity contribution in [2.24, 2.45) is 5.92 Å². The van der Waals surface area contributed by atoms with Crippen LogP contribution in [0.25, 0.3) is 10.9 Å². The van der Waals surface area contributed by atoms with Gasteiger partial charge in [0.05, 0.1) is 17.4 Å². The summed E-state index contributed by atoms with van der Waals surface area (Å²) in [5, 5.41) is 3.87. The Labute approximate surface area is 202 Å². The summed E-state index contributed by atoms with van der Waals surface area (Å²) in [6.07, 6.45) is 0. The molecular weight excluding hydrogens is 449 g/mol. The number of hydrogen-bond acceptors (Lipinski definition) is 4. The first-order valence-corrected chi connectivity index (χ1v) is 12.1. The van der Waals surface area contributed by atoms with E-state index in [1.165, 1.54) is 23.9 Å². The molecule has 34 heavy (non-hydrogen) atoms. The minimum Gasteiger partial charge on any atom is -0.352 e. The molecule has 7 heteroatoms. The lowest BCUT2D eigenvalue weighted by atomic mass is 10.1. The fraction of sp³-hybridized carbons (Fsp3) is 0.222. The van der Waals surface area contributed by atoms with Crippen molar-refractivity contribution >= 4 is 28.6 Å². The average molecular weight is 476 g/mol. The highest BCUT2D eigenvalue weighted by Crippen LogP contribution is 2.24. The minimum absolute atomic E-state index is 0.176. The van der Waals surface area contributed by atoms with Gasteiger partial charge in [-0.1, -0.05) is 68.1 Å². The monoisotopic (exact) mass is 475 g/mol. The van der Waals surface area contributed by atoms with Gasteiger partial charge < -0.3 is 5.32 Å². The van der Waals surface area contributed by atoms with Crippen LogP contribution in [0.4, 0.5) is 4.39 Å². The molecule has 1 amide bonds. The van der Waals surface area contributed by atoms with E-state index in [1.807, 2.05) is 50.2 Å². The van der Waals surface area contributed by atoms with Crippen molar-refractivity contribution in [3.63, 3.8) is 0 Å². The molecule has 1 aromatic heterocycles. The van der Waals surface area contributed by atoms with Crippen LogP contribution < -0.4 is 10.9 Å². The second-order valence-corrected chi connectivity index (χ2v) is 9.47. The lowest BCUT2D eigenvalue weighted by Crippen LogP contribution is -2.28. The molecule has 5 nitrogen and oxygen atoms in total. The Morgan fingerprint density at radius 1 is 1.03 bits per heavy atom. The summed E-state index contributed by atoms with van der Waals surface area (Å²) in [5.74, 6) is 0.292. The van der Waals surface area contributed by atoms with Crippen molar-refractivity contribution in [2.75, 3.05) is 6.54 Å². The van der Waals surface area contributed by atoms with Gasteiger partial charge in [0.15, 0.2) is 5.16 Å². The van der Waals surface area contributed by atoms with Crippen LogP contribution in [-0.2, 0) is 12.3 Å².